The molecule has 1 aliphatic rings. The lowest BCUT2D eigenvalue weighted by Gasteiger charge is -2.24. The molecule has 0 heterocycles. The molecule has 1 N–H and O–H groups in total. The van der Waals surface area contributed by atoms with E-state index in [1.807, 2.05) is 32.2 Å². The molecule has 0 radical (unpaired) electrons. The van der Waals surface area contributed by atoms with Gasteiger partial charge in [0.2, 0.25) is 5.91 Å². The molecule has 1 amide bonds. The van der Waals surface area contributed by atoms with Gasteiger partial charge in [0.1, 0.15) is 0 Å². The largest absolute Gasteiger partial charge is 0.324 e. The van der Waals surface area contributed by atoms with Gasteiger partial charge in [-0.3, -0.25) is 9.69 Å². The van der Waals surface area contributed by atoms with Crippen LogP contribution in [0.3, 0.4) is 0 Å². The van der Waals surface area contributed by atoms with Crippen LogP contribution in [0.2, 0.25) is 5.02 Å². The SMILES string of the molecule is Cc1ccc(NC(=O)CN(C)[C@H]2CCc3ccccc32)c(Cl)c1. The first-order chi connectivity index (χ1) is 11.0. The Morgan fingerprint density at radius 3 is 2.87 bits per heavy atom. The number of nitrogens with zero attached hydrogens (tertiary/aromatic N) is 1. The van der Waals surface area contributed by atoms with Crippen LogP contribution in [-0.4, -0.2) is 24.4 Å². The predicted octanol–water partition coefficient (Wildman–Crippen LogP) is 4.21. The normalized spacial score (nSPS) is 16.4. The van der Waals surface area contributed by atoms with Crippen molar-refractivity contribution in [2.24, 2.45) is 0 Å². The number of amides is 1. The lowest BCUT2D eigenvalue weighted by molar-refractivity contribution is -0.117. The third kappa shape index (κ3) is 3.57. The maximum atomic E-state index is 12.3. The van der Waals surface area contributed by atoms with Crippen LogP contribution in [-0.2, 0) is 11.2 Å². The Kier molecular flexibility index (Phi) is 4.69. The molecule has 0 spiro atoms. The molecule has 0 unspecified atom stereocenters. The third-order valence-electron chi connectivity index (χ3n) is 4.42. The highest BCUT2D eigenvalue weighted by Crippen LogP contribution is 2.34. The van der Waals surface area contributed by atoms with Crippen molar-refractivity contribution in [3.05, 3.63) is 64.2 Å². The maximum Gasteiger partial charge on any atom is 0.238 e. The Morgan fingerprint density at radius 2 is 2.09 bits per heavy atom. The van der Waals surface area contributed by atoms with Crippen molar-refractivity contribution in [2.75, 3.05) is 18.9 Å². The van der Waals surface area contributed by atoms with Crippen LogP contribution in [0.1, 0.15) is 29.2 Å². The average Bonchev–Trinajstić information content (AvgIpc) is 2.94. The smallest absolute Gasteiger partial charge is 0.238 e. The molecule has 0 fully saturated rings. The van der Waals surface area contributed by atoms with Crippen LogP contribution >= 0.6 is 11.6 Å². The molecule has 3 nitrogen and oxygen atoms in total. The summed E-state index contributed by atoms with van der Waals surface area (Å²) < 4.78 is 0. The summed E-state index contributed by atoms with van der Waals surface area (Å²) in [7, 11) is 2.00. The molecule has 2 aromatic rings. The maximum absolute atomic E-state index is 12.3. The zero-order chi connectivity index (χ0) is 16.4. The minimum atomic E-state index is -0.0392. The van der Waals surface area contributed by atoms with Crippen molar-refractivity contribution in [3.63, 3.8) is 0 Å². The summed E-state index contributed by atoms with van der Waals surface area (Å²) in [6.45, 7) is 2.33. The molecule has 1 atom stereocenters. The second kappa shape index (κ2) is 6.73. The molecule has 0 aliphatic heterocycles. The van der Waals surface area contributed by atoms with E-state index >= 15 is 0 Å². The van der Waals surface area contributed by atoms with Crippen LogP contribution in [0, 0.1) is 6.92 Å². The van der Waals surface area contributed by atoms with Gasteiger partial charge in [0.15, 0.2) is 0 Å². The van der Waals surface area contributed by atoms with Crippen LogP contribution < -0.4 is 5.32 Å². The highest BCUT2D eigenvalue weighted by Gasteiger charge is 2.26. The van der Waals surface area contributed by atoms with E-state index in [1.54, 1.807) is 0 Å². The molecule has 0 saturated heterocycles. The molecule has 23 heavy (non-hydrogen) atoms. The van der Waals surface area contributed by atoms with E-state index in [9.17, 15) is 4.79 Å². The average molecular weight is 329 g/mol. The summed E-state index contributed by atoms with van der Waals surface area (Å²) >= 11 is 6.18. The fourth-order valence-electron chi connectivity index (χ4n) is 3.24. The van der Waals surface area contributed by atoms with Gasteiger partial charge in [-0.2, -0.15) is 0 Å². The molecular formula is C19H21ClN2O. The van der Waals surface area contributed by atoms with Crippen LogP contribution in [0.5, 0.6) is 0 Å². The highest BCUT2D eigenvalue weighted by molar-refractivity contribution is 6.33. The summed E-state index contributed by atoms with van der Waals surface area (Å²) in [5.74, 6) is -0.0392. The number of halogens is 1. The summed E-state index contributed by atoms with van der Waals surface area (Å²) in [6.07, 6.45) is 2.14. The third-order valence-corrected chi connectivity index (χ3v) is 4.74. The Balaban J connectivity index is 1.64. The van der Waals surface area contributed by atoms with E-state index < -0.39 is 0 Å². The molecule has 1 aliphatic carbocycles. The first-order valence-electron chi connectivity index (χ1n) is 7.88. The van der Waals surface area contributed by atoms with E-state index in [1.165, 1.54) is 11.1 Å². The monoisotopic (exact) mass is 328 g/mol. The molecule has 2 aromatic carbocycles. The minimum Gasteiger partial charge on any atom is -0.324 e. The molecule has 3 rings (SSSR count). The van der Waals surface area contributed by atoms with E-state index in [0.29, 0.717) is 23.3 Å². The van der Waals surface area contributed by atoms with Gasteiger partial charge in [0.05, 0.1) is 17.3 Å². The summed E-state index contributed by atoms with van der Waals surface area (Å²) in [6, 6.07) is 14.4. The number of carbonyl (C=O) groups is 1. The quantitative estimate of drug-likeness (QED) is 0.912. The minimum absolute atomic E-state index is 0.0392. The predicted molar refractivity (Wildman–Crippen MR) is 95.0 cm³/mol. The molecular weight excluding hydrogens is 308 g/mol. The van der Waals surface area contributed by atoms with Gasteiger partial charge in [0.25, 0.3) is 0 Å². The number of carbonyl (C=O) groups excluding carboxylic acids is 1. The van der Waals surface area contributed by atoms with Crippen LogP contribution in [0.25, 0.3) is 0 Å². The summed E-state index contributed by atoms with van der Waals surface area (Å²) in [5, 5.41) is 3.48. The molecule has 0 saturated carbocycles. The van der Waals surface area contributed by atoms with E-state index in [4.69, 9.17) is 11.6 Å². The van der Waals surface area contributed by atoms with Crippen molar-refractivity contribution in [2.45, 2.75) is 25.8 Å². The van der Waals surface area contributed by atoms with Gasteiger partial charge in [-0.25, -0.2) is 0 Å². The number of hydrogen-bond acceptors (Lipinski definition) is 2. The summed E-state index contributed by atoms with van der Waals surface area (Å²) in [4.78, 5) is 14.4. The van der Waals surface area contributed by atoms with Crippen molar-refractivity contribution in [1.29, 1.82) is 0 Å². The fraction of sp³-hybridized carbons (Fsp3) is 0.316. The van der Waals surface area contributed by atoms with E-state index in [-0.39, 0.29) is 5.91 Å². The molecule has 0 aromatic heterocycles. The molecule has 120 valence electrons. The molecule has 4 heteroatoms. The summed E-state index contributed by atoms with van der Waals surface area (Å²) in [5.41, 5.74) is 4.48. The highest BCUT2D eigenvalue weighted by atomic mass is 35.5. The number of rotatable bonds is 4. The van der Waals surface area contributed by atoms with Crippen molar-refractivity contribution in [3.8, 4) is 0 Å². The van der Waals surface area contributed by atoms with E-state index in [0.717, 1.165) is 18.4 Å². The lowest BCUT2D eigenvalue weighted by Crippen LogP contribution is -2.32. The topological polar surface area (TPSA) is 32.3 Å². The number of likely N-dealkylation sites (N-methyl/N-ethyl adjacent to an activating group) is 1. The first-order valence-corrected chi connectivity index (χ1v) is 8.26. The second-order valence-electron chi connectivity index (χ2n) is 6.20. The van der Waals surface area contributed by atoms with Gasteiger partial charge in [-0.1, -0.05) is 41.9 Å². The number of fused-ring (bicyclic) bond motifs is 1. The van der Waals surface area contributed by atoms with Gasteiger partial charge in [-0.15, -0.1) is 0 Å². The molecule has 0 bridgehead atoms. The van der Waals surface area contributed by atoms with Crippen LogP contribution in [0.15, 0.2) is 42.5 Å². The van der Waals surface area contributed by atoms with Gasteiger partial charge in [-0.05, 0) is 55.6 Å². The Morgan fingerprint density at radius 1 is 1.30 bits per heavy atom. The van der Waals surface area contributed by atoms with Gasteiger partial charge < -0.3 is 5.32 Å². The van der Waals surface area contributed by atoms with Gasteiger partial charge >= 0.3 is 0 Å². The Labute approximate surface area is 142 Å². The van der Waals surface area contributed by atoms with Crippen molar-refractivity contribution in [1.82, 2.24) is 4.90 Å². The number of benzene rings is 2. The fourth-order valence-corrected chi connectivity index (χ4v) is 3.52. The number of nitrogens with one attached hydrogen (secondary N) is 1. The lowest BCUT2D eigenvalue weighted by atomic mass is 10.1. The Bertz CT molecular complexity index is 729. The Hall–Kier alpha value is -1.84. The van der Waals surface area contributed by atoms with E-state index in [2.05, 4.69) is 34.5 Å². The van der Waals surface area contributed by atoms with Crippen molar-refractivity contribution < 1.29 is 4.79 Å². The van der Waals surface area contributed by atoms with Crippen molar-refractivity contribution >= 4 is 23.2 Å². The second-order valence-corrected chi connectivity index (χ2v) is 6.61. The van der Waals surface area contributed by atoms with Crippen LogP contribution in [0.4, 0.5) is 5.69 Å². The standard InChI is InChI=1S/C19H21ClN2O/c1-13-7-9-17(16(20)11-13)21-19(23)12-22(2)18-10-8-14-5-3-4-6-15(14)18/h3-7,9,11,18H,8,10,12H2,1-2H3,(H,21,23)/t18-/m0/s1. The number of hydrogen-bond donors (Lipinski definition) is 1. The van der Waals surface area contributed by atoms with Gasteiger partial charge in [0, 0.05) is 6.04 Å². The number of anilines is 1. The number of aryl methyl sites for hydroxylation is 2. The first kappa shape index (κ1) is 16.0. The zero-order valence-electron chi connectivity index (χ0n) is 13.5. The zero-order valence-corrected chi connectivity index (χ0v) is 14.2.